The summed E-state index contributed by atoms with van der Waals surface area (Å²) in [5.74, 6) is 0.816. The summed E-state index contributed by atoms with van der Waals surface area (Å²) in [6.07, 6.45) is 2.46. The maximum atomic E-state index is 13.1. The van der Waals surface area contributed by atoms with Crippen molar-refractivity contribution >= 4 is 17.0 Å². The van der Waals surface area contributed by atoms with Gasteiger partial charge in [-0.25, -0.2) is 9.50 Å². The van der Waals surface area contributed by atoms with Crippen molar-refractivity contribution in [1.29, 1.82) is 0 Å². The zero-order valence-corrected chi connectivity index (χ0v) is 16.1. The third-order valence-corrected chi connectivity index (χ3v) is 6.15. The highest BCUT2D eigenvalue weighted by Crippen LogP contribution is 2.25. The number of fused-ring (bicyclic) bond motifs is 2. The van der Waals surface area contributed by atoms with Crippen LogP contribution in [0.1, 0.15) is 26.8 Å². The average molecular weight is 380 g/mol. The number of aryl methyl sites for hydroxylation is 2. The SMILES string of the molecule is Cc1ccc(CN2CCc3nc4cc(-c5ccoc5C)[nH]n4c(=O)c3C2)s1. The van der Waals surface area contributed by atoms with Crippen molar-refractivity contribution in [2.45, 2.75) is 33.4 Å². The molecule has 27 heavy (non-hydrogen) atoms. The summed E-state index contributed by atoms with van der Waals surface area (Å²) in [6, 6.07) is 8.14. The van der Waals surface area contributed by atoms with Crippen LogP contribution in [-0.2, 0) is 19.5 Å². The first kappa shape index (κ1) is 16.5. The van der Waals surface area contributed by atoms with Crippen LogP contribution in [0.4, 0.5) is 0 Å². The Morgan fingerprint density at radius 1 is 1.30 bits per heavy atom. The van der Waals surface area contributed by atoms with E-state index in [2.05, 4.69) is 29.1 Å². The first-order valence-corrected chi connectivity index (χ1v) is 9.86. The van der Waals surface area contributed by atoms with E-state index >= 15 is 0 Å². The second-order valence-electron chi connectivity index (χ2n) is 7.07. The van der Waals surface area contributed by atoms with Crippen molar-refractivity contribution in [3.63, 3.8) is 0 Å². The van der Waals surface area contributed by atoms with Gasteiger partial charge in [-0.1, -0.05) is 0 Å². The monoisotopic (exact) mass is 380 g/mol. The van der Waals surface area contributed by atoms with Gasteiger partial charge in [0.05, 0.1) is 23.2 Å². The number of hydrogen-bond acceptors (Lipinski definition) is 5. The molecule has 0 spiro atoms. The quantitative estimate of drug-likeness (QED) is 0.591. The van der Waals surface area contributed by atoms with Crippen molar-refractivity contribution in [2.75, 3.05) is 6.54 Å². The van der Waals surface area contributed by atoms with Crippen LogP contribution in [-0.4, -0.2) is 26.0 Å². The highest BCUT2D eigenvalue weighted by Gasteiger charge is 2.23. The fraction of sp³-hybridized carbons (Fsp3) is 0.300. The van der Waals surface area contributed by atoms with E-state index in [1.54, 1.807) is 10.8 Å². The summed E-state index contributed by atoms with van der Waals surface area (Å²) < 4.78 is 6.94. The number of nitrogens with one attached hydrogen (secondary N) is 1. The highest BCUT2D eigenvalue weighted by atomic mass is 32.1. The predicted octanol–water partition coefficient (Wildman–Crippen LogP) is 3.52. The molecule has 0 unspecified atom stereocenters. The minimum Gasteiger partial charge on any atom is -0.469 e. The lowest BCUT2D eigenvalue weighted by atomic mass is 10.1. The lowest BCUT2D eigenvalue weighted by Gasteiger charge is -2.27. The molecule has 5 heterocycles. The summed E-state index contributed by atoms with van der Waals surface area (Å²) in [5.41, 5.74) is 4.18. The van der Waals surface area contributed by atoms with E-state index in [0.717, 1.165) is 47.8 Å². The summed E-state index contributed by atoms with van der Waals surface area (Å²) in [5, 5.41) is 3.19. The van der Waals surface area contributed by atoms with Gasteiger partial charge in [-0.15, -0.1) is 11.3 Å². The number of aromatic amines is 1. The Hall–Kier alpha value is -2.64. The number of aromatic nitrogens is 3. The van der Waals surface area contributed by atoms with Gasteiger partial charge in [0.15, 0.2) is 5.65 Å². The number of hydrogen-bond donors (Lipinski definition) is 1. The van der Waals surface area contributed by atoms with Crippen LogP contribution in [0, 0.1) is 13.8 Å². The number of H-pyrrole nitrogens is 1. The van der Waals surface area contributed by atoms with E-state index in [0.29, 0.717) is 12.2 Å². The first-order valence-electron chi connectivity index (χ1n) is 9.04. The Morgan fingerprint density at radius 2 is 2.19 bits per heavy atom. The fourth-order valence-electron chi connectivity index (χ4n) is 3.77. The third-order valence-electron chi connectivity index (χ3n) is 5.16. The molecule has 0 saturated heterocycles. The maximum absolute atomic E-state index is 13.1. The smallest absolute Gasteiger partial charge is 0.277 e. The minimum atomic E-state index is -0.00513. The second-order valence-corrected chi connectivity index (χ2v) is 8.44. The number of furan rings is 1. The molecule has 0 fully saturated rings. The largest absolute Gasteiger partial charge is 0.469 e. The molecule has 5 rings (SSSR count). The fourth-order valence-corrected chi connectivity index (χ4v) is 4.70. The standard InChI is InChI=1S/C20H20N4O2S/c1-12-3-4-14(27-12)10-23-7-5-17-16(11-23)20(25)24-19(21-17)9-18(22-24)15-6-8-26-13(15)2/h3-4,6,8-9,22H,5,7,10-11H2,1-2H3. The molecule has 0 atom stereocenters. The van der Waals surface area contributed by atoms with Crippen molar-refractivity contribution < 1.29 is 4.42 Å². The summed E-state index contributed by atoms with van der Waals surface area (Å²) in [7, 11) is 0. The van der Waals surface area contributed by atoms with Gasteiger partial charge >= 0.3 is 0 Å². The van der Waals surface area contributed by atoms with Crippen LogP contribution in [0.5, 0.6) is 0 Å². The van der Waals surface area contributed by atoms with Gasteiger partial charge < -0.3 is 4.42 Å². The van der Waals surface area contributed by atoms with Gasteiger partial charge in [-0.05, 0) is 32.0 Å². The summed E-state index contributed by atoms with van der Waals surface area (Å²) >= 11 is 1.82. The molecule has 0 saturated carbocycles. The van der Waals surface area contributed by atoms with Crippen molar-refractivity contribution in [1.82, 2.24) is 19.5 Å². The van der Waals surface area contributed by atoms with Crippen LogP contribution >= 0.6 is 11.3 Å². The molecule has 0 bridgehead atoms. The first-order chi connectivity index (χ1) is 13.1. The zero-order valence-electron chi connectivity index (χ0n) is 15.3. The van der Waals surface area contributed by atoms with Crippen LogP contribution in [0.3, 0.4) is 0 Å². The zero-order chi connectivity index (χ0) is 18.5. The average Bonchev–Trinajstić information content (AvgIpc) is 3.36. The maximum Gasteiger partial charge on any atom is 0.277 e. The minimum absolute atomic E-state index is 0.00513. The molecular formula is C20H20N4O2S. The van der Waals surface area contributed by atoms with Gasteiger partial charge in [0.25, 0.3) is 5.56 Å². The van der Waals surface area contributed by atoms with Crippen molar-refractivity contribution in [2.24, 2.45) is 0 Å². The molecule has 0 aromatic carbocycles. The van der Waals surface area contributed by atoms with Crippen molar-refractivity contribution in [3.05, 3.63) is 67.7 Å². The Balaban J connectivity index is 1.51. The van der Waals surface area contributed by atoms with Gasteiger partial charge in [0.2, 0.25) is 0 Å². The number of rotatable bonds is 3. The Labute approximate surface area is 160 Å². The van der Waals surface area contributed by atoms with E-state index in [1.807, 2.05) is 30.4 Å². The Morgan fingerprint density at radius 3 is 2.93 bits per heavy atom. The number of thiophene rings is 1. The van der Waals surface area contributed by atoms with Gasteiger partial charge in [0.1, 0.15) is 5.76 Å². The predicted molar refractivity (Wildman–Crippen MR) is 105 cm³/mol. The van der Waals surface area contributed by atoms with Crippen LogP contribution in [0.2, 0.25) is 0 Å². The molecule has 0 radical (unpaired) electrons. The van der Waals surface area contributed by atoms with E-state index in [1.165, 1.54) is 9.75 Å². The third kappa shape index (κ3) is 2.83. The second kappa shape index (κ2) is 6.21. The van der Waals surface area contributed by atoms with Gasteiger partial charge in [0, 0.05) is 47.4 Å². The van der Waals surface area contributed by atoms with Gasteiger partial charge in [-0.3, -0.25) is 14.8 Å². The molecule has 6 nitrogen and oxygen atoms in total. The van der Waals surface area contributed by atoms with Crippen LogP contribution in [0.15, 0.2) is 39.7 Å². The normalized spacial score (nSPS) is 14.7. The topological polar surface area (TPSA) is 66.5 Å². The molecule has 1 N–H and O–H groups in total. The Kier molecular flexibility index (Phi) is 3.80. The lowest BCUT2D eigenvalue weighted by molar-refractivity contribution is 0.243. The molecular weight excluding hydrogens is 360 g/mol. The van der Waals surface area contributed by atoms with E-state index in [9.17, 15) is 4.79 Å². The van der Waals surface area contributed by atoms with Crippen LogP contribution in [0.25, 0.3) is 16.9 Å². The van der Waals surface area contributed by atoms with Gasteiger partial charge in [-0.2, -0.15) is 0 Å². The van der Waals surface area contributed by atoms with E-state index in [4.69, 9.17) is 9.40 Å². The molecule has 0 aliphatic carbocycles. The molecule has 1 aliphatic rings. The highest BCUT2D eigenvalue weighted by molar-refractivity contribution is 7.11. The number of nitrogens with zero attached hydrogens (tertiary/aromatic N) is 3. The van der Waals surface area contributed by atoms with Crippen molar-refractivity contribution in [3.8, 4) is 11.3 Å². The molecule has 7 heteroatoms. The molecule has 138 valence electrons. The molecule has 4 aromatic rings. The van der Waals surface area contributed by atoms with E-state index in [-0.39, 0.29) is 5.56 Å². The summed E-state index contributed by atoms with van der Waals surface area (Å²) in [4.78, 5) is 22.8. The summed E-state index contributed by atoms with van der Waals surface area (Å²) in [6.45, 7) is 6.47. The van der Waals surface area contributed by atoms with Crippen LogP contribution < -0.4 is 5.56 Å². The van der Waals surface area contributed by atoms with E-state index < -0.39 is 0 Å². The Bertz CT molecular complexity index is 1200. The molecule has 0 amide bonds. The lowest BCUT2D eigenvalue weighted by Crippen LogP contribution is -2.36. The molecule has 4 aromatic heterocycles. The molecule has 1 aliphatic heterocycles.